The molecule has 0 atom stereocenters. The first-order chi connectivity index (χ1) is 9.97. The summed E-state index contributed by atoms with van der Waals surface area (Å²) in [7, 11) is 0. The predicted molar refractivity (Wildman–Crippen MR) is 86.0 cm³/mol. The molecule has 0 unspecified atom stereocenters. The lowest BCUT2D eigenvalue weighted by atomic mass is 10.1. The van der Waals surface area contributed by atoms with Crippen LogP contribution in [0.2, 0.25) is 0 Å². The van der Waals surface area contributed by atoms with Crippen LogP contribution in [0.1, 0.15) is 5.76 Å². The Hall–Kier alpha value is -2.26. The number of nitrogens with two attached hydrogens (primary N) is 1. The maximum absolute atomic E-state index is 11.1. The number of benzene rings is 1. The summed E-state index contributed by atoms with van der Waals surface area (Å²) in [5, 5.41) is 14.9. The zero-order valence-corrected chi connectivity index (χ0v) is 12.8. The van der Waals surface area contributed by atoms with Crippen molar-refractivity contribution in [3.05, 3.63) is 50.7 Å². The van der Waals surface area contributed by atoms with E-state index >= 15 is 0 Å². The average Bonchev–Trinajstić information content (AvgIpc) is 2.86. The lowest BCUT2D eigenvalue weighted by Crippen LogP contribution is -2.23. The number of hydrogen-bond donors (Lipinski definition) is 2. The van der Waals surface area contributed by atoms with Gasteiger partial charge in [-0.1, -0.05) is 15.9 Å². The van der Waals surface area contributed by atoms with Crippen LogP contribution >= 0.6 is 28.1 Å². The van der Waals surface area contributed by atoms with E-state index in [-0.39, 0.29) is 10.8 Å². The molecule has 21 heavy (non-hydrogen) atoms. The van der Waals surface area contributed by atoms with E-state index in [1.54, 1.807) is 24.3 Å². The molecule has 2 rings (SSSR count). The molecule has 108 valence electrons. The molecule has 0 saturated heterocycles. The van der Waals surface area contributed by atoms with E-state index in [0.29, 0.717) is 21.6 Å². The van der Waals surface area contributed by atoms with Crippen LogP contribution in [0, 0.1) is 10.1 Å². The predicted octanol–water partition coefficient (Wildman–Crippen LogP) is 2.78. The second kappa shape index (κ2) is 6.46. The molecule has 1 heterocycles. The Balaban J connectivity index is 2.31. The summed E-state index contributed by atoms with van der Waals surface area (Å²) < 4.78 is 6.11. The highest BCUT2D eigenvalue weighted by atomic mass is 79.9. The summed E-state index contributed by atoms with van der Waals surface area (Å²) in [6.45, 7) is 0. The Morgan fingerprint density at radius 3 is 2.90 bits per heavy atom. The van der Waals surface area contributed by atoms with E-state index in [2.05, 4.69) is 38.7 Å². The van der Waals surface area contributed by atoms with Crippen LogP contribution in [-0.4, -0.2) is 16.3 Å². The fourth-order valence-electron chi connectivity index (χ4n) is 1.59. The highest BCUT2D eigenvalue weighted by Gasteiger charge is 2.18. The van der Waals surface area contributed by atoms with Crippen LogP contribution < -0.4 is 11.2 Å². The van der Waals surface area contributed by atoms with Gasteiger partial charge in [0.25, 0.3) is 5.69 Å². The molecule has 0 fully saturated rings. The molecule has 2 aromatic rings. The monoisotopic (exact) mass is 368 g/mol. The minimum Gasteiger partial charge on any atom is -0.455 e. The summed E-state index contributed by atoms with van der Waals surface area (Å²) in [5.41, 5.74) is 7.93. The smallest absolute Gasteiger partial charge is 0.281 e. The van der Waals surface area contributed by atoms with E-state index in [4.69, 9.17) is 10.2 Å². The summed E-state index contributed by atoms with van der Waals surface area (Å²) in [4.78, 5) is 10.6. The fourth-order valence-corrected chi connectivity index (χ4v) is 1.99. The van der Waals surface area contributed by atoms with Gasteiger partial charge in [0, 0.05) is 10.5 Å². The molecule has 1 aromatic heterocycles. The molecule has 0 aliphatic carbocycles. The van der Waals surface area contributed by atoms with Crippen molar-refractivity contribution in [3.8, 4) is 11.3 Å². The van der Waals surface area contributed by atoms with Crippen molar-refractivity contribution in [1.82, 2.24) is 5.43 Å². The van der Waals surface area contributed by atoms with Crippen molar-refractivity contribution in [2.24, 2.45) is 10.8 Å². The highest BCUT2D eigenvalue weighted by molar-refractivity contribution is 9.10. The molecule has 0 spiro atoms. The Morgan fingerprint density at radius 2 is 2.24 bits per heavy atom. The number of nitro groups is 1. The number of hydrazone groups is 1. The number of rotatable bonds is 4. The molecule has 0 aliphatic rings. The maximum Gasteiger partial charge on any atom is 0.281 e. The largest absolute Gasteiger partial charge is 0.455 e. The Bertz CT molecular complexity index is 729. The molecule has 7 nitrogen and oxygen atoms in total. The molecule has 9 heteroatoms. The van der Waals surface area contributed by atoms with Gasteiger partial charge in [0.05, 0.1) is 16.7 Å². The first-order valence-corrected chi connectivity index (χ1v) is 6.80. The van der Waals surface area contributed by atoms with Crippen LogP contribution in [0.3, 0.4) is 0 Å². The molecule has 0 amide bonds. The number of thiocarbonyl (C=S) groups is 1. The van der Waals surface area contributed by atoms with Crippen molar-refractivity contribution in [1.29, 1.82) is 0 Å². The van der Waals surface area contributed by atoms with E-state index < -0.39 is 4.92 Å². The van der Waals surface area contributed by atoms with E-state index in [1.165, 1.54) is 12.3 Å². The van der Waals surface area contributed by atoms with Gasteiger partial charge in [-0.2, -0.15) is 5.10 Å². The van der Waals surface area contributed by atoms with Gasteiger partial charge in [-0.15, -0.1) is 0 Å². The van der Waals surface area contributed by atoms with E-state index in [1.807, 2.05) is 0 Å². The highest BCUT2D eigenvalue weighted by Crippen LogP contribution is 2.33. The number of nitro benzene ring substituents is 1. The Morgan fingerprint density at radius 1 is 1.48 bits per heavy atom. The van der Waals surface area contributed by atoms with Gasteiger partial charge in [0.2, 0.25) is 0 Å². The molecule has 0 bridgehead atoms. The molecule has 0 radical (unpaired) electrons. The van der Waals surface area contributed by atoms with Crippen LogP contribution in [-0.2, 0) is 0 Å². The number of hydrogen-bond acceptors (Lipinski definition) is 5. The van der Waals surface area contributed by atoms with Crippen molar-refractivity contribution in [3.63, 3.8) is 0 Å². The summed E-state index contributed by atoms with van der Waals surface area (Å²) in [6.07, 6.45) is 1.37. The van der Waals surface area contributed by atoms with Gasteiger partial charge in [-0.25, -0.2) is 0 Å². The average molecular weight is 369 g/mol. The number of nitrogens with one attached hydrogen (secondary N) is 1. The van der Waals surface area contributed by atoms with Crippen LogP contribution in [0.4, 0.5) is 5.69 Å². The minimum atomic E-state index is -0.467. The summed E-state index contributed by atoms with van der Waals surface area (Å²) in [6, 6.07) is 7.98. The van der Waals surface area contributed by atoms with E-state index in [9.17, 15) is 10.1 Å². The minimum absolute atomic E-state index is 0.0292. The number of nitrogens with zero attached hydrogens (tertiary/aromatic N) is 2. The quantitative estimate of drug-likeness (QED) is 0.372. The van der Waals surface area contributed by atoms with E-state index in [0.717, 1.165) is 0 Å². The standard InChI is InChI=1S/C12H9BrN4O3S/c13-7-1-3-9(10(5-7)17(18)19)11-4-2-8(20-11)6-15-16-12(14)21/h1-6H,(H3,14,16,21)/b15-6-. The fraction of sp³-hybridized carbons (Fsp3) is 0. The lowest BCUT2D eigenvalue weighted by Gasteiger charge is -2.00. The summed E-state index contributed by atoms with van der Waals surface area (Å²) >= 11 is 7.80. The van der Waals surface area contributed by atoms with Crippen molar-refractivity contribution in [2.75, 3.05) is 0 Å². The Kier molecular flexibility index (Phi) is 4.66. The third-order valence-corrected chi connectivity index (χ3v) is 3.00. The van der Waals surface area contributed by atoms with Gasteiger partial charge >= 0.3 is 0 Å². The van der Waals surface area contributed by atoms with Gasteiger partial charge in [0.15, 0.2) is 5.11 Å². The molecule has 1 aromatic carbocycles. The van der Waals surface area contributed by atoms with Crippen molar-refractivity contribution >= 4 is 45.2 Å². The SMILES string of the molecule is NC(=S)N/N=C\c1ccc(-c2ccc(Br)cc2[N+](=O)[O-])o1. The zero-order chi connectivity index (χ0) is 15.4. The summed E-state index contributed by atoms with van der Waals surface area (Å²) in [5.74, 6) is 0.775. The molecular formula is C12H9BrN4O3S. The first kappa shape index (κ1) is 15.1. The first-order valence-electron chi connectivity index (χ1n) is 5.60. The van der Waals surface area contributed by atoms with Crippen LogP contribution in [0.5, 0.6) is 0 Å². The van der Waals surface area contributed by atoms with Gasteiger partial charge in [-0.3, -0.25) is 15.5 Å². The zero-order valence-electron chi connectivity index (χ0n) is 10.4. The third-order valence-electron chi connectivity index (χ3n) is 2.42. The lowest BCUT2D eigenvalue weighted by molar-refractivity contribution is -0.384. The normalized spacial score (nSPS) is 10.7. The van der Waals surface area contributed by atoms with Crippen LogP contribution in [0.15, 0.2) is 44.3 Å². The second-order valence-electron chi connectivity index (χ2n) is 3.85. The third kappa shape index (κ3) is 3.86. The van der Waals surface area contributed by atoms with Gasteiger partial charge < -0.3 is 10.2 Å². The molecular weight excluding hydrogens is 360 g/mol. The van der Waals surface area contributed by atoms with Crippen LogP contribution in [0.25, 0.3) is 11.3 Å². The molecule has 3 N–H and O–H groups in total. The topological polar surface area (TPSA) is 107 Å². The van der Waals surface area contributed by atoms with Crippen molar-refractivity contribution in [2.45, 2.75) is 0 Å². The molecule has 0 saturated carbocycles. The number of furan rings is 1. The van der Waals surface area contributed by atoms with Crippen molar-refractivity contribution < 1.29 is 9.34 Å². The number of halogens is 1. The van der Waals surface area contributed by atoms with Gasteiger partial charge in [0.1, 0.15) is 11.5 Å². The maximum atomic E-state index is 11.1. The second-order valence-corrected chi connectivity index (χ2v) is 5.21. The Labute approximate surface area is 133 Å². The molecule has 0 aliphatic heterocycles. The van der Waals surface area contributed by atoms with Gasteiger partial charge in [-0.05, 0) is 36.5 Å².